The number of ether oxygens (including phenoxy) is 1. The van der Waals surface area contributed by atoms with Crippen LogP contribution in [0.15, 0.2) is 12.3 Å². The highest BCUT2D eigenvalue weighted by atomic mass is 16.6. The van der Waals surface area contributed by atoms with Crippen LogP contribution in [0.2, 0.25) is 0 Å². The van der Waals surface area contributed by atoms with Crippen molar-refractivity contribution in [1.82, 2.24) is 0 Å². The second-order valence-corrected chi connectivity index (χ2v) is 4.03. The summed E-state index contributed by atoms with van der Waals surface area (Å²) < 4.78 is 5.00. The molecule has 0 amide bonds. The number of nitrogens with zero attached hydrogens (tertiary/aromatic N) is 1. The largest absolute Gasteiger partial charge is 0.491 e. The molecule has 1 saturated carbocycles. The number of Topliss-reactive ketones (excluding diaryl/α,β-unsaturated/α-hetero) is 1. The lowest BCUT2D eigenvalue weighted by atomic mass is 9.97. The van der Waals surface area contributed by atoms with E-state index in [1.165, 1.54) is 0 Å². The molecular formula is C11H17NO4. The molecule has 90 valence electrons. The molecule has 0 radical (unpaired) electrons. The van der Waals surface area contributed by atoms with Crippen molar-refractivity contribution in [2.24, 2.45) is 5.92 Å². The minimum atomic E-state index is -0.571. The van der Waals surface area contributed by atoms with Crippen molar-refractivity contribution in [2.45, 2.75) is 38.6 Å². The lowest BCUT2D eigenvalue weighted by Gasteiger charge is -2.12. The second kappa shape index (κ2) is 5.63. The smallest absolute Gasteiger partial charge is 0.216 e. The standard InChI is InChI=1S/C11H17NO4/c1-3-16-8(2)11(13)7-9-5-4-6-10(9)12(14)15/h9-10H,2-7H2,1H3/t9-,10+/m1/s1. The molecule has 1 aliphatic carbocycles. The first kappa shape index (κ1) is 12.7. The molecule has 1 rings (SSSR count). The third-order valence-electron chi connectivity index (χ3n) is 2.97. The molecule has 0 heterocycles. The highest BCUT2D eigenvalue weighted by molar-refractivity contribution is 5.93. The predicted octanol–water partition coefficient (Wildman–Crippen LogP) is 1.94. The maximum absolute atomic E-state index is 11.6. The van der Waals surface area contributed by atoms with Crippen molar-refractivity contribution in [3.05, 3.63) is 22.5 Å². The maximum Gasteiger partial charge on any atom is 0.216 e. The van der Waals surface area contributed by atoms with Crippen molar-refractivity contribution in [3.8, 4) is 0 Å². The van der Waals surface area contributed by atoms with Gasteiger partial charge < -0.3 is 4.74 Å². The normalized spacial score (nSPS) is 24.1. The van der Waals surface area contributed by atoms with Gasteiger partial charge in [0.25, 0.3) is 0 Å². The molecule has 0 N–H and O–H groups in total. The molecule has 0 bridgehead atoms. The summed E-state index contributed by atoms with van der Waals surface area (Å²) in [5.74, 6) is -0.239. The Morgan fingerprint density at radius 2 is 2.25 bits per heavy atom. The minimum absolute atomic E-state index is 0.122. The van der Waals surface area contributed by atoms with Crippen LogP contribution in [0.4, 0.5) is 0 Å². The topological polar surface area (TPSA) is 69.4 Å². The van der Waals surface area contributed by atoms with Gasteiger partial charge in [-0.3, -0.25) is 14.9 Å². The minimum Gasteiger partial charge on any atom is -0.491 e. The van der Waals surface area contributed by atoms with Crippen LogP contribution in [0, 0.1) is 16.0 Å². The number of hydrogen-bond acceptors (Lipinski definition) is 4. The van der Waals surface area contributed by atoms with E-state index in [0.29, 0.717) is 13.0 Å². The summed E-state index contributed by atoms with van der Waals surface area (Å²) in [7, 11) is 0. The lowest BCUT2D eigenvalue weighted by molar-refractivity contribution is -0.528. The molecule has 0 aromatic heterocycles. The first-order valence-corrected chi connectivity index (χ1v) is 5.54. The lowest BCUT2D eigenvalue weighted by Crippen LogP contribution is -2.26. The molecule has 0 saturated heterocycles. The zero-order valence-electron chi connectivity index (χ0n) is 9.48. The molecule has 0 unspecified atom stereocenters. The number of rotatable bonds is 6. The summed E-state index contributed by atoms with van der Waals surface area (Å²) in [5, 5.41) is 10.7. The van der Waals surface area contributed by atoms with Crippen LogP contribution >= 0.6 is 0 Å². The zero-order chi connectivity index (χ0) is 12.1. The van der Waals surface area contributed by atoms with Crippen LogP contribution in [0.25, 0.3) is 0 Å². The molecule has 5 nitrogen and oxygen atoms in total. The van der Waals surface area contributed by atoms with Gasteiger partial charge >= 0.3 is 0 Å². The molecule has 0 aromatic carbocycles. The van der Waals surface area contributed by atoms with Crippen LogP contribution in [-0.4, -0.2) is 23.4 Å². The fourth-order valence-electron chi connectivity index (χ4n) is 2.14. The third-order valence-corrected chi connectivity index (χ3v) is 2.97. The number of nitro groups is 1. The zero-order valence-corrected chi connectivity index (χ0v) is 9.48. The number of carbonyl (C=O) groups excluding carboxylic acids is 1. The van der Waals surface area contributed by atoms with Gasteiger partial charge in [0.15, 0.2) is 11.5 Å². The van der Waals surface area contributed by atoms with Crippen LogP contribution in [0.5, 0.6) is 0 Å². The van der Waals surface area contributed by atoms with Crippen molar-refractivity contribution < 1.29 is 14.5 Å². The first-order valence-electron chi connectivity index (χ1n) is 5.54. The molecular weight excluding hydrogens is 210 g/mol. The van der Waals surface area contributed by atoms with Gasteiger partial charge in [0, 0.05) is 23.7 Å². The molecule has 0 spiro atoms. The van der Waals surface area contributed by atoms with Crippen molar-refractivity contribution >= 4 is 5.78 Å². The van der Waals surface area contributed by atoms with Crippen LogP contribution in [-0.2, 0) is 9.53 Å². The van der Waals surface area contributed by atoms with E-state index in [1.54, 1.807) is 6.92 Å². The van der Waals surface area contributed by atoms with Gasteiger partial charge in [-0.2, -0.15) is 0 Å². The SMILES string of the molecule is C=C(OCC)C(=O)C[C@H]1CCC[C@@H]1[N+](=O)[O-]. The summed E-state index contributed by atoms with van der Waals surface area (Å²) >= 11 is 0. The van der Waals surface area contributed by atoms with Crippen LogP contribution < -0.4 is 0 Å². The van der Waals surface area contributed by atoms with E-state index in [1.807, 2.05) is 0 Å². The molecule has 2 atom stereocenters. The molecule has 1 fully saturated rings. The van der Waals surface area contributed by atoms with Gasteiger partial charge in [-0.15, -0.1) is 0 Å². The van der Waals surface area contributed by atoms with Crippen molar-refractivity contribution in [1.29, 1.82) is 0 Å². The predicted molar refractivity (Wildman–Crippen MR) is 58.5 cm³/mol. The Hall–Kier alpha value is -1.39. The Bertz CT molecular complexity index is 300. The average Bonchev–Trinajstić information content (AvgIpc) is 2.66. The Morgan fingerprint density at radius 3 is 2.81 bits per heavy atom. The van der Waals surface area contributed by atoms with Gasteiger partial charge in [0.05, 0.1) is 6.61 Å². The van der Waals surface area contributed by atoms with Gasteiger partial charge in [-0.1, -0.05) is 6.58 Å². The van der Waals surface area contributed by atoms with E-state index in [-0.39, 0.29) is 28.8 Å². The van der Waals surface area contributed by atoms with Crippen LogP contribution in [0.3, 0.4) is 0 Å². The number of ketones is 1. The monoisotopic (exact) mass is 227 g/mol. The van der Waals surface area contributed by atoms with E-state index in [9.17, 15) is 14.9 Å². The first-order chi connectivity index (χ1) is 7.56. The molecule has 5 heteroatoms. The fourth-order valence-corrected chi connectivity index (χ4v) is 2.14. The van der Waals surface area contributed by atoms with E-state index in [4.69, 9.17) is 4.74 Å². The number of allylic oxidation sites excluding steroid dienone is 1. The van der Waals surface area contributed by atoms with Gasteiger partial charge in [-0.25, -0.2) is 0 Å². The maximum atomic E-state index is 11.6. The molecule has 0 aromatic rings. The number of hydrogen-bond donors (Lipinski definition) is 0. The highest BCUT2D eigenvalue weighted by Crippen LogP contribution is 2.31. The third kappa shape index (κ3) is 3.05. The van der Waals surface area contributed by atoms with E-state index in [0.717, 1.165) is 12.8 Å². The molecule has 16 heavy (non-hydrogen) atoms. The highest BCUT2D eigenvalue weighted by Gasteiger charge is 2.37. The Morgan fingerprint density at radius 1 is 1.56 bits per heavy atom. The summed E-state index contributed by atoms with van der Waals surface area (Å²) in [5.41, 5.74) is 0. The summed E-state index contributed by atoms with van der Waals surface area (Å²) in [6.45, 7) is 5.68. The van der Waals surface area contributed by atoms with Crippen molar-refractivity contribution in [3.63, 3.8) is 0 Å². The summed E-state index contributed by atoms with van der Waals surface area (Å²) in [6, 6.07) is -0.571. The van der Waals surface area contributed by atoms with Crippen LogP contribution in [0.1, 0.15) is 32.6 Å². The van der Waals surface area contributed by atoms with Gasteiger partial charge in [0.2, 0.25) is 6.04 Å². The second-order valence-electron chi connectivity index (χ2n) is 4.03. The number of carbonyl (C=O) groups is 1. The quantitative estimate of drug-likeness (QED) is 0.301. The average molecular weight is 227 g/mol. The Kier molecular flexibility index (Phi) is 4.46. The van der Waals surface area contributed by atoms with E-state index in [2.05, 4.69) is 6.58 Å². The fraction of sp³-hybridized carbons (Fsp3) is 0.727. The van der Waals surface area contributed by atoms with Gasteiger partial charge in [-0.05, 0) is 19.8 Å². The Labute approximate surface area is 94.6 Å². The van der Waals surface area contributed by atoms with E-state index >= 15 is 0 Å². The summed E-state index contributed by atoms with van der Waals surface area (Å²) in [6.07, 6.45) is 2.33. The molecule has 1 aliphatic rings. The molecule has 0 aliphatic heterocycles. The Balaban J connectivity index is 2.50. The van der Waals surface area contributed by atoms with Crippen molar-refractivity contribution in [2.75, 3.05) is 6.61 Å². The van der Waals surface area contributed by atoms with E-state index < -0.39 is 6.04 Å². The summed E-state index contributed by atoms with van der Waals surface area (Å²) in [4.78, 5) is 22.1. The van der Waals surface area contributed by atoms with Gasteiger partial charge in [0.1, 0.15) is 0 Å².